The zero-order valence-electron chi connectivity index (χ0n) is 17.6. The number of amides is 2. The molecule has 2 N–H and O–H groups in total. The van der Waals surface area contributed by atoms with E-state index in [0.717, 1.165) is 19.6 Å². The molecule has 0 saturated carbocycles. The zero-order chi connectivity index (χ0) is 20.5. The van der Waals surface area contributed by atoms with Crippen LogP contribution < -0.4 is 5.73 Å². The summed E-state index contributed by atoms with van der Waals surface area (Å²) in [6, 6.07) is 10.4. The standard InChI is InChI=1S/C22H34N4O2/c1-21(2)14-18(23)15-22(3,4)26(21)20(28)19(27)25-12-10-24(11-13-25)16-17-8-6-5-7-9-17/h5-9,18H,10-16,23H2,1-4H3. The first-order valence-corrected chi connectivity index (χ1v) is 10.3. The van der Waals surface area contributed by atoms with Crippen molar-refractivity contribution in [1.82, 2.24) is 14.7 Å². The molecule has 3 rings (SSSR count). The van der Waals surface area contributed by atoms with Gasteiger partial charge in [-0.05, 0) is 46.1 Å². The summed E-state index contributed by atoms with van der Waals surface area (Å²) in [5.41, 5.74) is 6.62. The number of nitrogens with two attached hydrogens (primary N) is 1. The second kappa shape index (κ2) is 7.84. The summed E-state index contributed by atoms with van der Waals surface area (Å²) in [5.74, 6) is -0.769. The maximum atomic E-state index is 13.2. The highest BCUT2D eigenvalue weighted by molar-refractivity contribution is 6.35. The topological polar surface area (TPSA) is 69.9 Å². The van der Waals surface area contributed by atoms with Crippen molar-refractivity contribution < 1.29 is 9.59 Å². The van der Waals surface area contributed by atoms with Crippen LogP contribution in [0.2, 0.25) is 0 Å². The summed E-state index contributed by atoms with van der Waals surface area (Å²) in [4.78, 5) is 32.0. The van der Waals surface area contributed by atoms with Crippen LogP contribution in [0.15, 0.2) is 30.3 Å². The minimum atomic E-state index is -0.428. The Bertz CT molecular complexity index is 691. The molecular formula is C22H34N4O2. The van der Waals surface area contributed by atoms with Gasteiger partial charge in [0.05, 0.1) is 0 Å². The van der Waals surface area contributed by atoms with Crippen LogP contribution in [0.4, 0.5) is 0 Å². The van der Waals surface area contributed by atoms with E-state index in [1.807, 2.05) is 45.9 Å². The van der Waals surface area contributed by atoms with Gasteiger partial charge in [-0.2, -0.15) is 0 Å². The maximum Gasteiger partial charge on any atom is 0.312 e. The Kier molecular flexibility index (Phi) is 5.82. The van der Waals surface area contributed by atoms with Crippen molar-refractivity contribution in [3.8, 4) is 0 Å². The molecule has 2 saturated heterocycles. The fourth-order valence-corrected chi connectivity index (χ4v) is 5.09. The van der Waals surface area contributed by atoms with Gasteiger partial charge in [0.2, 0.25) is 0 Å². The summed E-state index contributed by atoms with van der Waals surface area (Å²) < 4.78 is 0. The van der Waals surface area contributed by atoms with E-state index in [1.165, 1.54) is 5.56 Å². The van der Waals surface area contributed by atoms with Crippen LogP contribution in [0.1, 0.15) is 46.1 Å². The highest BCUT2D eigenvalue weighted by Crippen LogP contribution is 2.38. The summed E-state index contributed by atoms with van der Waals surface area (Å²) in [6.07, 6.45) is 1.42. The van der Waals surface area contributed by atoms with Gasteiger partial charge in [0, 0.05) is 49.8 Å². The summed E-state index contributed by atoms with van der Waals surface area (Å²) >= 11 is 0. The molecule has 0 unspecified atom stereocenters. The van der Waals surface area contributed by atoms with Crippen molar-refractivity contribution in [3.05, 3.63) is 35.9 Å². The highest BCUT2D eigenvalue weighted by Gasteiger charge is 2.49. The maximum absolute atomic E-state index is 13.2. The Morgan fingerprint density at radius 3 is 2.00 bits per heavy atom. The molecule has 2 aliphatic rings. The molecule has 1 aromatic carbocycles. The molecule has 0 atom stereocenters. The molecular weight excluding hydrogens is 352 g/mol. The zero-order valence-corrected chi connectivity index (χ0v) is 17.6. The first-order valence-electron chi connectivity index (χ1n) is 10.3. The van der Waals surface area contributed by atoms with E-state index in [4.69, 9.17) is 5.73 Å². The van der Waals surface area contributed by atoms with E-state index < -0.39 is 17.0 Å². The number of carbonyl (C=O) groups is 2. The lowest BCUT2D eigenvalue weighted by molar-refractivity contribution is -0.164. The highest BCUT2D eigenvalue weighted by atomic mass is 16.2. The molecule has 2 aliphatic heterocycles. The molecule has 6 nitrogen and oxygen atoms in total. The van der Waals surface area contributed by atoms with Crippen LogP contribution in [0.5, 0.6) is 0 Å². The van der Waals surface area contributed by atoms with E-state index in [1.54, 1.807) is 9.80 Å². The molecule has 0 bridgehead atoms. The number of carbonyl (C=O) groups excluding carboxylic acids is 2. The van der Waals surface area contributed by atoms with Crippen molar-refractivity contribution in [2.45, 2.75) is 64.2 Å². The Labute approximate surface area is 168 Å². The van der Waals surface area contributed by atoms with Gasteiger partial charge in [0.1, 0.15) is 0 Å². The molecule has 0 aromatic heterocycles. The van der Waals surface area contributed by atoms with Crippen LogP contribution in [0.25, 0.3) is 0 Å². The van der Waals surface area contributed by atoms with E-state index >= 15 is 0 Å². The normalized spacial score (nSPS) is 22.9. The van der Waals surface area contributed by atoms with Crippen LogP contribution >= 0.6 is 0 Å². The lowest BCUT2D eigenvalue weighted by Crippen LogP contribution is -2.67. The van der Waals surface area contributed by atoms with Gasteiger partial charge in [-0.3, -0.25) is 14.5 Å². The molecule has 0 radical (unpaired) electrons. The number of hydrogen-bond acceptors (Lipinski definition) is 4. The van der Waals surface area contributed by atoms with E-state index in [0.29, 0.717) is 25.9 Å². The SMILES string of the molecule is CC1(C)CC(N)CC(C)(C)N1C(=O)C(=O)N1CCN(Cc2ccccc2)CC1. The Morgan fingerprint density at radius 2 is 1.46 bits per heavy atom. The molecule has 6 heteroatoms. The van der Waals surface area contributed by atoms with Crippen molar-refractivity contribution in [2.75, 3.05) is 26.2 Å². The van der Waals surface area contributed by atoms with Gasteiger partial charge in [0.25, 0.3) is 0 Å². The predicted molar refractivity (Wildman–Crippen MR) is 111 cm³/mol. The first-order chi connectivity index (χ1) is 13.1. The van der Waals surface area contributed by atoms with Crippen LogP contribution in [-0.4, -0.2) is 69.8 Å². The fourth-order valence-electron chi connectivity index (χ4n) is 5.09. The Morgan fingerprint density at radius 1 is 0.929 bits per heavy atom. The molecule has 28 heavy (non-hydrogen) atoms. The predicted octanol–water partition coefficient (Wildman–Crippen LogP) is 1.84. The number of nitrogens with zero attached hydrogens (tertiary/aromatic N) is 3. The molecule has 0 aliphatic carbocycles. The third-order valence-corrected chi connectivity index (χ3v) is 6.03. The van der Waals surface area contributed by atoms with Crippen molar-refractivity contribution in [1.29, 1.82) is 0 Å². The lowest BCUT2D eigenvalue weighted by atomic mass is 9.77. The number of benzene rings is 1. The second-order valence-electron chi connectivity index (χ2n) is 9.49. The van der Waals surface area contributed by atoms with Gasteiger partial charge in [-0.1, -0.05) is 30.3 Å². The van der Waals surface area contributed by atoms with Gasteiger partial charge in [0.15, 0.2) is 0 Å². The van der Waals surface area contributed by atoms with Crippen LogP contribution in [-0.2, 0) is 16.1 Å². The molecule has 2 fully saturated rings. The average molecular weight is 387 g/mol. The summed E-state index contributed by atoms with van der Waals surface area (Å²) in [7, 11) is 0. The van der Waals surface area contributed by atoms with E-state index in [9.17, 15) is 9.59 Å². The lowest BCUT2D eigenvalue weighted by Gasteiger charge is -2.54. The molecule has 2 heterocycles. The molecule has 154 valence electrons. The first kappa shape index (κ1) is 20.8. The fraction of sp³-hybridized carbons (Fsp3) is 0.636. The number of piperazine rings is 1. The second-order valence-corrected chi connectivity index (χ2v) is 9.49. The average Bonchev–Trinajstić information content (AvgIpc) is 2.60. The smallest absolute Gasteiger partial charge is 0.312 e. The number of likely N-dealkylation sites (tertiary alicyclic amines) is 1. The van der Waals surface area contributed by atoms with E-state index in [2.05, 4.69) is 17.0 Å². The minimum Gasteiger partial charge on any atom is -0.332 e. The van der Waals surface area contributed by atoms with Gasteiger partial charge >= 0.3 is 11.8 Å². The quantitative estimate of drug-likeness (QED) is 0.788. The third kappa shape index (κ3) is 4.39. The van der Waals surface area contributed by atoms with Crippen molar-refractivity contribution >= 4 is 11.8 Å². The van der Waals surface area contributed by atoms with Crippen LogP contribution in [0.3, 0.4) is 0 Å². The van der Waals surface area contributed by atoms with Crippen molar-refractivity contribution in [2.24, 2.45) is 5.73 Å². The van der Waals surface area contributed by atoms with E-state index in [-0.39, 0.29) is 11.9 Å². The number of hydrogen-bond donors (Lipinski definition) is 1. The summed E-state index contributed by atoms with van der Waals surface area (Å²) in [5, 5.41) is 0. The summed E-state index contributed by atoms with van der Waals surface area (Å²) in [6.45, 7) is 11.7. The molecule has 2 amide bonds. The minimum absolute atomic E-state index is 0.0469. The van der Waals surface area contributed by atoms with Crippen LogP contribution in [0, 0.1) is 0 Å². The monoisotopic (exact) mass is 386 g/mol. The molecule has 1 aromatic rings. The largest absolute Gasteiger partial charge is 0.332 e. The van der Waals surface area contributed by atoms with Gasteiger partial charge < -0.3 is 15.5 Å². The third-order valence-electron chi connectivity index (χ3n) is 6.03. The Hall–Kier alpha value is -1.92. The molecule has 0 spiro atoms. The Balaban J connectivity index is 1.62. The number of piperidine rings is 1. The van der Waals surface area contributed by atoms with Gasteiger partial charge in [-0.15, -0.1) is 0 Å². The van der Waals surface area contributed by atoms with Crippen molar-refractivity contribution in [3.63, 3.8) is 0 Å². The van der Waals surface area contributed by atoms with Gasteiger partial charge in [-0.25, -0.2) is 0 Å². The number of rotatable bonds is 2.